The van der Waals surface area contributed by atoms with Gasteiger partial charge in [-0.3, -0.25) is 19.4 Å². The predicted molar refractivity (Wildman–Crippen MR) is 98.0 cm³/mol. The zero-order chi connectivity index (χ0) is 17.9. The number of fused-ring (bicyclic) bond motifs is 1. The Labute approximate surface area is 150 Å². The van der Waals surface area contributed by atoms with Crippen molar-refractivity contribution in [2.75, 3.05) is 0 Å². The first kappa shape index (κ1) is 16.0. The summed E-state index contributed by atoms with van der Waals surface area (Å²) in [5.41, 5.74) is 3.36. The van der Waals surface area contributed by atoms with Crippen LogP contribution in [0.1, 0.15) is 5.69 Å². The molecule has 0 aliphatic carbocycles. The predicted octanol–water partition coefficient (Wildman–Crippen LogP) is 2.15. The molecular formula is C19H18N6O. The Bertz CT molecular complexity index is 1060. The third-order valence-electron chi connectivity index (χ3n) is 4.20. The van der Waals surface area contributed by atoms with Crippen LogP contribution in [0.5, 0.6) is 0 Å². The van der Waals surface area contributed by atoms with Crippen LogP contribution in [-0.2, 0) is 24.9 Å². The number of nitrogens with zero attached hydrogens (tertiary/aromatic N) is 5. The minimum Gasteiger partial charge on any atom is -0.349 e. The van der Waals surface area contributed by atoms with E-state index in [4.69, 9.17) is 0 Å². The van der Waals surface area contributed by atoms with E-state index in [1.807, 2.05) is 54.3 Å². The van der Waals surface area contributed by atoms with Gasteiger partial charge in [0.15, 0.2) is 0 Å². The van der Waals surface area contributed by atoms with Gasteiger partial charge in [-0.1, -0.05) is 18.2 Å². The van der Waals surface area contributed by atoms with Crippen LogP contribution in [0.4, 0.5) is 0 Å². The minimum absolute atomic E-state index is 0.0749. The molecular weight excluding hydrogens is 328 g/mol. The van der Waals surface area contributed by atoms with Crippen LogP contribution in [0.3, 0.4) is 0 Å². The van der Waals surface area contributed by atoms with Crippen LogP contribution in [-0.4, -0.2) is 30.2 Å². The number of rotatable bonds is 5. The number of aryl methyl sites for hydroxylation is 1. The molecule has 0 bridgehead atoms. The molecule has 26 heavy (non-hydrogen) atoms. The summed E-state index contributed by atoms with van der Waals surface area (Å²) < 4.78 is 3.65. The van der Waals surface area contributed by atoms with Crippen LogP contribution < -0.4 is 5.32 Å². The summed E-state index contributed by atoms with van der Waals surface area (Å²) in [6.07, 6.45) is 8.80. The Morgan fingerprint density at radius 3 is 2.85 bits per heavy atom. The van der Waals surface area contributed by atoms with E-state index in [2.05, 4.69) is 20.4 Å². The number of hydrogen-bond donors (Lipinski definition) is 1. The number of benzene rings is 1. The largest absolute Gasteiger partial charge is 0.349 e. The lowest BCUT2D eigenvalue weighted by atomic mass is 10.2. The van der Waals surface area contributed by atoms with E-state index in [9.17, 15) is 4.79 Å². The second-order valence-electron chi connectivity index (χ2n) is 6.03. The zero-order valence-corrected chi connectivity index (χ0v) is 14.3. The van der Waals surface area contributed by atoms with Crippen LogP contribution in [0.2, 0.25) is 0 Å². The van der Waals surface area contributed by atoms with Crippen molar-refractivity contribution in [1.82, 2.24) is 29.6 Å². The highest BCUT2D eigenvalue weighted by molar-refractivity contribution is 5.83. The normalized spacial score (nSPS) is 11.0. The molecule has 7 nitrogen and oxygen atoms in total. The van der Waals surface area contributed by atoms with Gasteiger partial charge in [-0.15, -0.1) is 0 Å². The zero-order valence-electron chi connectivity index (χ0n) is 14.3. The summed E-state index contributed by atoms with van der Waals surface area (Å²) in [7, 11) is 1.85. The first-order valence-corrected chi connectivity index (χ1v) is 8.30. The second kappa shape index (κ2) is 6.79. The second-order valence-corrected chi connectivity index (χ2v) is 6.03. The first-order valence-electron chi connectivity index (χ1n) is 8.30. The van der Waals surface area contributed by atoms with Crippen LogP contribution in [0, 0.1) is 0 Å². The Morgan fingerprint density at radius 2 is 2.00 bits per heavy atom. The third kappa shape index (κ3) is 3.19. The molecule has 0 spiro atoms. The van der Waals surface area contributed by atoms with Gasteiger partial charge in [-0.05, 0) is 17.5 Å². The van der Waals surface area contributed by atoms with E-state index in [0.717, 1.165) is 22.2 Å². The molecule has 1 aromatic carbocycles. The van der Waals surface area contributed by atoms with Crippen molar-refractivity contribution in [3.8, 4) is 11.3 Å². The van der Waals surface area contributed by atoms with Crippen molar-refractivity contribution in [3.05, 3.63) is 67.0 Å². The van der Waals surface area contributed by atoms with Gasteiger partial charge in [0.25, 0.3) is 0 Å². The quantitative estimate of drug-likeness (QED) is 0.601. The first-order chi connectivity index (χ1) is 12.7. The fraction of sp³-hybridized carbons (Fsp3) is 0.158. The van der Waals surface area contributed by atoms with E-state index in [1.54, 1.807) is 23.3 Å². The van der Waals surface area contributed by atoms with Crippen molar-refractivity contribution < 1.29 is 4.79 Å². The van der Waals surface area contributed by atoms with Crippen molar-refractivity contribution in [1.29, 1.82) is 0 Å². The molecule has 1 N–H and O–H groups in total. The van der Waals surface area contributed by atoms with Gasteiger partial charge >= 0.3 is 0 Å². The van der Waals surface area contributed by atoms with Gasteiger partial charge in [0.1, 0.15) is 6.54 Å². The van der Waals surface area contributed by atoms with Crippen molar-refractivity contribution in [2.45, 2.75) is 13.1 Å². The maximum absolute atomic E-state index is 12.4. The average Bonchev–Trinajstić information content (AvgIpc) is 3.27. The highest BCUT2D eigenvalue weighted by Crippen LogP contribution is 2.18. The van der Waals surface area contributed by atoms with Gasteiger partial charge < -0.3 is 9.88 Å². The number of aromatic nitrogens is 5. The van der Waals surface area contributed by atoms with Crippen LogP contribution >= 0.6 is 0 Å². The van der Waals surface area contributed by atoms with Crippen LogP contribution in [0.15, 0.2) is 61.3 Å². The molecule has 130 valence electrons. The van der Waals surface area contributed by atoms with E-state index < -0.39 is 0 Å². The van der Waals surface area contributed by atoms with Crippen molar-refractivity contribution in [3.63, 3.8) is 0 Å². The Kier molecular flexibility index (Phi) is 4.18. The topological polar surface area (TPSA) is 77.6 Å². The molecule has 0 saturated heterocycles. The SMILES string of the molecule is Cn1cc(-c2nccnc2CNC(=O)Cn2ccc3ccccc32)cn1. The lowest BCUT2D eigenvalue weighted by molar-refractivity contribution is -0.121. The standard InChI is InChI=1S/C19H18N6O/c1-24-12-15(10-23-24)19-16(20-7-8-21-19)11-22-18(26)13-25-9-6-14-4-2-3-5-17(14)25/h2-10,12H,11,13H2,1H3,(H,22,26). The maximum atomic E-state index is 12.4. The Morgan fingerprint density at radius 1 is 1.15 bits per heavy atom. The van der Waals surface area contributed by atoms with Crippen LogP contribution in [0.25, 0.3) is 22.2 Å². The van der Waals surface area contributed by atoms with Gasteiger partial charge in [-0.2, -0.15) is 5.10 Å². The molecule has 3 aromatic heterocycles. The molecule has 0 fully saturated rings. The molecule has 3 heterocycles. The molecule has 4 rings (SSSR count). The number of amides is 1. The highest BCUT2D eigenvalue weighted by Gasteiger charge is 2.11. The molecule has 7 heteroatoms. The van der Waals surface area contributed by atoms with E-state index >= 15 is 0 Å². The van der Waals surface area contributed by atoms with Gasteiger partial charge in [0.05, 0.1) is 24.1 Å². The van der Waals surface area contributed by atoms with Gasteiger partial charge in [0, 0.05) is 42.9 Å². The maximum Gasteiger partial charge on any atom is 0.240 e. The molecule has 0 aliphatic heterocycles. The van der Waals surface area contributed by atoms with Gasteiger partial charge in [0.2, 0.25) is 5.91 Å². The molecule has 0 atom stereocenters. The number of carbonyl (C=O) groups is 1. The van der Waals surface area contributed by atoms with E-state index in [1.165, 1.54) is 0 Å². The fourth-order valence-electron chi connectivity index (χ4n) is 2.95. The Hall–Kier alpha value is -3.48. The Balaban J connectivity index is 1.47. The summed E-state index contributed by atoms with van der Waals surface area (Å²) in [4.78, 5) is 21.1. The van der Waals surface area contributed by atoms with Gasteiger partial charge in [-0.25, -0.2) is 0 Å². The number of para-hydroxylation sites is 1. The minimum atomic E-state index is -0.0749. The van der Waals surface area contributed by atoms with E-state index in [0.29, 0.717) is 12.2 Å². The summed E-state index contributed by atoms with van der Waals surface area (Å²) in [6, 6.07) is 10.00. The number of nitrogens with one attached hydrogen (secondary N) is 1. The highest BCUT2D eigenvalue weighted by atomic mass is 16.1. The van der Waals surface area contributed by atoms with Crippen molar-refractivity contribution in [2.24, 2.45) is 7.05 Å². The molecule has 4 aromatic rings. The summed E-state index contributed by atoms with van der Waals surface area (Å²) in [6.45, 7) is 0.575. The number of carbonyl (C=O) groups excluding carboxylic acids is 1. The fourth-order valence-corrected chi connectivity index (χ4v) is 2.95. The molecule has 0 saturated carbocycles. The summed E-state index contributed by atoms with van der Waals surface area (Å²) in [5, 5.41) is 8.21. The van der Waals surface area contributed by atoms with E-state index in [-0.39, 0.29) is 12.5 Å². The molecule has 0 aliphatic rings. The molecule has 1 amide bonds. The smallest absolute Gasteiger partial charge is 0.240 e. The molecule has 0 unspecified atom stereocenters. The lowest BCUT2D eigenvalue weighted by Crippen LogP contribution is -2.27. The third-order valence-corrected chi connectivity index (χ3v) is 4.20. The monoisotopic (exact) mass is 346 g/mol. The average molecular weight is 346 g/mol. The lowest BCUT2D eigenvalue weighted by Gasteiger charge is -2.09. The molecule has 0 radical (unpaired) electrons. The number of hydrogen-bond acceptors (Lipinski definition) is 4. The van der Waals surface area contributed by atoms with Crippen molar-refractivity contribution >= 4 is 16.8 Å². The summed E-state index contributed by atoms with van der Waals surface area (Å²) >= 11 is 0. The summed E-state index contributed by atoms with van der Waals surface area (Å²) in [5.74, 6) is -0.0749.